The fourth-order valence-corrected chi connectivity index (χ4v) is 3.37. The lowest BCUT2D eigenvalue weighted by Crippen LogP contribution is -2.31. The van der Waals surface area contributed by atoms with Crippen LogP contribution in [0.15, 0.2) is 65.7 Å². The quantitative estimate of drug-likeness (QED) is 0.838. The van der Waals surface area contributed by atoms with Crippen molar-refractivity contribution in [2.24, 2.45) is 4.99 Å². The predicted octanol–water partition coefficient (Wildman–Crippen LogP) is 2.48. The summed E-state index contributed by atoms with van der Waals surface area (Å²) in [6.45, 7) is 0.976. The zero-order valence-corrected chi connectivity index (χ0v) is 14.5. The van der Waals surface area contributed by atoms with Crippen LogP contribution in [0.1, 0.15) is 17.5 Å². The molecule has 0 aromatic heterocycles. The lowest BCUT2D eigenvalue weighted by Gasteiger charge is -2.07. The van der Waals surface area contributed by atoms with E-state index in [-0.39, 0.29) is 18.2 Å². The summed E-state index contributed by atoms with van der Waals surface area (Å²) < 4.78 is 0. The highest BCUT2D eigenvalue weighted by Crippen LogP contribution is 2.22. The first-order valence-corrected chi connectivity index (χ1v) is 8.95. The summed E-state index contributed by atoms with van der Waals surface area (Å²) in [5.41, 5.74) is 2.11. The maximum Gasteiger partial charge on any atom is 0.240 e. The number of thioether (sulfide) groups is 1. The molecule has 0 unspecified atom stereocenters. The highest BCUT2D eigenvalue weighted by molar-refractivity contribution is 8.15. The predicted molar refractivity (Wildman–Crippen MR) is 100 cm³/mol. The van der Waals surface area contributed by atoms with E-state index in [1.807, 2.05) is 60.7 Å². The molecule has 1 aliphatic rings. The van der Waals surface area contributed by atoms with E-state index >= 15 is 0 Å². The van der Waals surface area contributed by atoms with E-state index in [2.05, 4.69) is 15.6 Å². The molecule has 1 heterocycles. The molecule has 5 nitrogen and oxygen atoms in total. The van der Waals surface area contributed by atoms with Gasteiger partial charge in [0, 0.05) is 13.0 Å². The Balaban J connectivity index is 1.48. The highest BCUT2D eigenvalue weighted by Gasteiger charge is 2.31. The second-order valence-electron chi connectivity index (χ2n) is 5.67. The molecule has 128 valence electrons. The molecular formula is C19H19N3O2S. The van der Waals surface area contributed by atoms with Crippen molar-refractivity contribution < 1.29 is 9.59 Å². The van der Waals surface area contributed by atoms with Gasteiger partial charge >= 0.3 is 0 Å². The van der Waals surface area contributed by atoms with Gasteiger partial charge in [0.25, 0.3) is 0 Å². The lowest BCUT2D eigenvalue weighted by atomic mass is 10.2. The topological polar surface area (TPSA) is 70.6 Å². The van der Waals surface area contributed by atoms with Gasteiger partial charge in [-0.25, -0.2) is 0 Å². The van der Waals surface area contributed by atoms with E-state index in [1.165, 1.54) is 11.8 Å². The van der Waals surface area contributed by atoms with Crippen LogP contribution in [-0.2, 0) is 22.7 Å². The molecule has 0 radical (unpaired) electrons. The van der Waals surface area contributed by atoms with E-state index in [9.17, 15) is 9.59 Å². The van der Waals surface area contributed by atoms with Crippen molar-refractivity contribution in [2.45, 2.75) is 24.8 Å². The Hall–Kier alpha value is -2.60. The third-order valence-corrected chi connectivity index (χ3v) is 4.85. The van der Waals surface area contributed by atoms with Crippen LogP contribution in [0.5, 0.6) is 0 Å². The standard InChI is InChI=1S/C19H19N3O2S/c23-17(20-12-14-7-3-1-4-8-14)11-16-18(24)22-19(25-16)21-13-15-9-5-2-6-10-15/h1-10,16H,11-13H2,(H,20,23)(H,21,22,24)/t16-/m0/s1. The Morgan fingerprint density at radius 3 is 2.36 bits per heavy atom. The monoisotopic (exact) mass is 353 g/mol. The van der Waals surface area contributed by atoms with E-state index in [4.69, 9.17) is 0 Å². The lowest BCUT2D eigenvalue weighted by molar-refractivity contribution is -0.125. The molecule has 1 aliphatic heterocycles. The molecule has 2 N–H and O–H groups in total. The number of nitrogens with zero attached hydrogens (tertiary/aromatic N) is 1. The number of carbonyl (C=O) groups excluding carboxylic acids is 2. The Bertz CT molecular complexity index is 763. The third-order valence-electron chi connectivity index (χ3n) is 3.73. The summed E-state index contributed by atoms with van der Waals surface area (Å²) in [4.78, 5) is 28.5. The van der Waals surface area contributed by atoms with Crippen molar-refractivity contribution in [1.82, 2.24) is 10.6 Å². The molecule has 0 saturated carbocycles. The Morgan fingerprint density at radius 1 is 1.04 bits per heavy atom. The summed E-state index contributed by atoms with van der Waals surface area (Å²) in [5, 5.41) is 5.75. The third kappa shape index (κ3) is 5.19. The van der Waals surface area contributed by atoms with Crippen LogP contribution in [0, 0.1) is 0 Å². The second kappa shape index (κ2) is 8.48. The van der Waals surface area contributed by atoms with Gasteiger partial charge in [0.1, 0.15) is 5.25 Å². The Morgan fingerprint density at radius 2 is 1.68 bits per heavy atom. The summed E-state index contributed by atoms with van der Waals surface area (Å²) in [5.74, 6) is -0.299. The van der Waals surface area contributed by atoms with Gasteiger partial charge < -0.3 is 10.6 Å². The van der Waals surface area contributed by atoms with E-state index in [0.717, 1.165) is 11.1 Å². The molecule has 1 saturated heterocycles. The van der Waals surface area contributed by atoms with E-state index < -0.39 is 5.25 Å². The number of amidine groups is 1. The van der Waals surface area contributed by atoms with Crippen LogP contribution in [0.3, 0.4) is 0 Å². The zero-order chi connectivity index (χ0) is 17.5. The van der Waals surface area contributed by atoms with Crippen molar-refractivity contribution >= 4 is 28.7 Å². The van der Waals surface area contributed by atoms with Gasteiger partial charge in [0.15, 0.2) is 5.17 Å². The van der Waals surface area contributed by atoms with Gasteiger partial charge in [-0.15, -0.1) is 0 Å². The molecule has 2 amide bonds. The zero-order valence-electron chi connectivity index (χ0n) is 13.6. The summed E-state index contributed by atoms with van der Waals surface area (Å²) >= 11 is 1.32. The SMILES string of the molecule is O=C(C[C@@H]1SC(=NCc2ccccc2)NC1=O)NCc1ccccc1. The molecular weight excluding hydrogens is 334 g/mol. The summed E-state index contributed by atoms with van der Waals surface area (Å²) in [7, 11) is 0. The minimum absolute atomic E-state index is 0.138. The molecule has 0 spiro atoms. The molecule has 25 heavy (non-hydrogen) atoms. The van der Waals surface area contributed by atoms with Crippen molar-refractivity contribution in [2.75, 3.05) is 0 Å². The van der Waals surface area contributed by atoms with Gasteiger partial charge in [0.05, 0.1) is 6.54 Å². The molecule has 0 bridgehead atoms. The second-order valence-corrected chi connectivity index (χ2v) is 6.86. The molecule has 1 fully saturated rings. The van der Waals surface area contributed by atoms with Crippen LogP contribution >= 0.6 is 11.8 Å². The number of hydrogen-bond acceptors (Lipinski definition) is 4. The first-order chi connectivity index (χ1) is 12.2. The van der Waals surface area contributed by atoms with Crippen molar-refractivity contribution in [1.29, 1.82) is 0 Å². The normalized spacial score (nSPS) is 18.2. The molecule has 3 rings (SSSR count). The number of hydrogen-bond donors (Lipinski definition) is 2. The maximum absolute atomic E-state index is 12.1. The number of nitrogens with one attached hydrogen (secondary N) is 2. The number of amides is 2. The number of benzene rings is 2. The molecule has 2 aromatic rings. The fourth-order valence-electron chi connectivity index (χ4n) is 2.40. The van der Waals surface area contributed by atoms with E-state index in [1.54, 1.807) is 0 Å². The highest BCUT2D eigenvalue weighted by atomic mass is 32.2. The van der Waals surface area contributed by atoms with Crippen LogP contribution in [0.25, 0.3) is 0 Å². The van der Waals surface area contributed by atoms with Crippen molar-refractivity contribution in [3.63, 3.8) is 0 Å². The van der Waals surface area contributed by atoms with Gasteiger partial charge in [-0.2, -0.15) is 0 Å². The molecule has 2 aromatic carbocycles. The number of carbonyl (C=O) groups is 2. The van der Waals surface area contributed by atoms with E-state index in [0.29, 0.717) is 18.3 Å². The summed E-state index contributed by atoms with van der Waals surface area (Å²) in [6.07, 6.45) is 0.147. The number of aliphatic imine (C=N–C) groups is 1. The smallest absolute Gasteiger partial charge is 0.240 e. The van der Waals surface area contributed by atoms with Crippen LogP contribution in [-0.4, -0.2) is 22.2 Å². The molecule has 6 heteroatoms. The van der Waals surface area contributed by atoms with Crippen molar-refractivity contribution in [3.8, 4) is 0 Å². The Labute approximate surface area is 150 Å². The number of rotatable bonds is 6. The van der Waals surface area contributed by atoms with Gasteiger partial charge in [-0.1, -0.05) is 72.4 Å². The first-order valence-electron chi connectivity index (χ1n) is 8.07. The molecule has 0 aliphatic carbocycles. The summed E-state index contributed by atoms with van der Waals surface area (Å²) in [6, 6.07) is 19.5. The fraction of sp³-hybridized carbons (Fsp3) is 0.211. The van der Waals surface area contributed by atoms with Crippen LogP contribution < -0.4 is 10.6 Å². The van der Waals surface area contributed by atoms with Crippen molar-refractivity contribution in [3.05, 3.63) is 71.8 Å². The largest absolute Gasteiger partial charge is 0.352 e. The average Bonchev–Trinajstić information content (AvgIpc) is 2.99. The maximum atomic E-state index is 12.1. The van der Waals surface area contributed by atoms with Crippen LogP contribution in [0.4, 0.5) is 0 Å². The van der Waals surface area contributed by atoms with Gasteiger partial charge in [-0.05, 0) is 11.1 Å². The minimum Gasteiger partial charge on any atom is -0.352 e. The Kier molecular flexibility index (Phi) is 5.85. The van der Waals surface area contributed by atoms with Gasteiger partial charge in [-0.3, -0.25) is 14.6 Å². The van der Waals surface area contributed by atoms with Crippen LogP contribution in [0.2, 0.25) is 0 Å². The van der Waals surface area contributed by atoms with Gasteiger partial charge in [0.2, 0.25) is 11.8 Å². The average molecular weight is 353 g/mol. The minimum atomic E-state index is -0.426. The first kappa shape index (κ1) is 17.2. The molecule has 1 atom stereocenters.